The number of nitrogens with two attached hydrogens (primary N) is 1. The predicted octanol–water partition coefficient (Wildman–Crippen LogP) is 3.91. The summed E-state index contributed by atoms with van der Waals surface area (Å²) in [6.45, 7) is 0.558. The molecule has 1 aliphatic heterocycles. The Morgan fingerprint density at radius 3 is 2.67 bits per heavy atom. The van der Waals surface area contributed by atoms with Gasteiger partial charge in [-0.1, -0.05) is 0 Å². The number of hydrogen-bond acceptors (Lipinski definition) is 3. The zero-order chi connectivity index (χ0) is 18.7. The predicted molar refractivity (Wildman–Crippen MR) is 106 cm³/mol. The highest BCUT2D eigenvalue weighted by molar-refractivity contribution is 6.02. The van der Waals surface area contributed by atoms with Crippen LogP contribution in [0.2, 0.25) is 0 Å². The Bertz CT molecular complexity index is 1250. The second-order valence-corrected chi connectivity index (χ2v) is 6.86. The summed E-state index contributed by atoms with van der Waals surface area (Å²) >= 11 is 0. The number of anilines is 3. The van der Waals surface area contributed by atoms with E-state index in [1.165, 1.54) is 12.1 Å². The van der Waals surface area contributed by atoms with Crippen molar-refractivity contribution in [3.8, 4) is 11.1 Å². The minimum atomic E-state index is -0.276. The van der Waals surface area contributed by atoms with Gasteiger partial charge in [-0.15, -0.1) is 0 Å². The van der Waals surface area contributed by atoms with E-state index in [-0.39, 0.29) is 11.4 Å². The largest absolute Gasteiger partial charge is 0.399 e. The number of nitrogen functional groups attached to an aromatic ring is 1. The molecule has 0 spiro atoms. The highest BCUT2D eigenvalue weighted by Crippen LogP contribution is 2.43. The number of aromatic amines is 1. The van der Waals surface area contributed by atoms with E-state index in [4.69, 9.17) is 5.73 Å². The lowest BCUT2D eigenvalue weighted by Crippen LogP contribution is -2.16. The molecule has 134 valence electrons. The molecule has 1 aliphatic rings. The third-order valence-corrected chi connectivity index (χ3v) is 5.16. The van der Waals surface area contributed by atoms with Gasteiger partial charge in [0.1, 0.15) is 11.3 Å². The lowest BCUT2D eigenvalue weighted by atomic mass is 10.0. The minimum absolute atomic E-state index is 0.0688. The fourth-order valence-corrected chi connectivity index (χ4v) is 3.87. The molecule has 0 saturated heterocycles. The Morgan fingerprint density at radius 1 is 1.11 bits per heavy atom. The second-order valence-electron chi connectivity index (χ2n) is 6.86. The number of aromatic nitrogens is 2. The van der Waals surface area contributed by atoms with Gasteiger partial charge in [-0.05, 0) is 48.0 Å². The molecule has 0 saturated carbocycles. The Kier molecular flexibility index (Phi) is 3.18. The zero-order valence-electron chi connectivity index (χ0n) is 14.7. The number of halogens is 1. The maximum Gasteiger partial charge on any atom is 0.274 e. The van der Waals surface area contributed by atoms with Crippen molar-refractivity contribution in [1.82, 2.24) is 9.55 Å². The molecule has 27 heavy (non-hydrogen) atoms. The number of fused-ring (bicyclic) bond motifs is 2. The van der Waals surface area contributed by atoms with Gasteiger partial charge in [-0.3, -0.25) is 4.79 Å². The molecular weight excluding hydrogens is 343 g/mol. The summed E-state index contributed by atoms with van der Waals surface area (Å²) in [6, 6.07) is 12.2. The molecule has 5 nitrogen and oxygen atoms in total. The molecule has 0 atom stereocenters. The van der Waals surface area contributed by atoms with Gasteiger partial charge < -0.3 is 20.2 Å². The first-order valence-corrected chi connectivity index (χ1v) is 8.65. The van der Waals surface area contributed by atoms with Gasteiger partial charge in [0, 0.05) is 53.0 Å². The fraction of sp³-hybridized carbons (Fsp3) is 0.0952. The first-order chi connectivity index (χ1) is 13.0. The van der Waals surface area contributed by atoms with Crippen LogP contribution in [0.25, 0.3) is 22.0 Å². The van der Waals surface area contributed by atoms with Gasteiger partial charge in [0.05, 0.1) is 6.54 Å². The van der Waals surface area contributed by atoms with E-state index < -0.39 is 0 Å². The molecule has 0 aliphatic carbocycles. The molecule has 0 fully saturated rings. The van der Waals surface area contributed by atoms with Gasteiger partial charge in [-0.25, -0.2) is 4.39 Å². The number of benzene rings is 2. The van der Waals surface area contributed by atoms with Gasteiger partial charge in [0.2, 0.25) is 0 Å². The van der Waals surface area contributed by atoms with Crippen LogP contribution in [0.5, 0.6) is 0 Å². The minimum Gasteiger partial charge on any atom is -0.399 e. The maximum absolute atomic E-state index is 13.4. The van der Waals surface area contributed by atoms with Crippen molar-refractivity contribution in [2.75, 3.05) is 10.6 Å². The summed E-state index contributed by atoms with van der Waals surface area (Å²) in [5, 5.41) is 0.912. The van der Waals surface area contributed by atoms with Gasteiger partial charge in [0.25, 0.3) is 5.56 Å². The molecule has 4 aromatic rings. The van der Waals surface area contributed by atoms with Crippen LogP contribution in [-0.2, 0) is 13.6 Å². The van der Waals surface area contributed by atoms with Crippen molar-refractivity contribution in [2.45, 2.75) is 6.54 Å². The molecule has 0 amide bonds. The monoisotopic (exact) mass is 360 g/mol. The first kappa shape index (κ1) is 15.7. The molecule has 0 bridgehead atoms. The highest BCUT2D eigenvalue weighted by Gasteiger charge is 2.25. The van der Waals surface area contributed by atoms with Crippen LogP contribution in [0.1, 0.15) is 5.56 Å². The van der Waals surface area contributed by atoms with Crippen molar-refractivity contribution >= 4 is 28.0 Å². The van der Waals surface area contributed by atoms with E-state index in [0.29, 0.717) is 17.7 Å². The number of rotatable bonds is 1. The number of nitrogens with zero attached hydrogens (tertiary/aromatic N) is 2. The van der Waals surface area contributed by atoms with Crippen LogP contribution in [-0.4, -0.2) is 9.55 Å². The van der Waals surface area contributed by atoms with Crippen molar-refractivity contribution in [3.63, 3.8) is 0 Å². The fourth-order valence-electron chi connectivity index (χ4n) is 3.87. The summed E-state index contributed by atoms with van der Waals surface area (Å²) in [5.74, 6) is -0.276. The van der Waals surface area contributed by atoms with E-state index in [2.05, 4.69) is 9.88 Å². The second kappa shape index (κ2) is 5.48. The summed E-state index contributed by atoms with van der Waals surface area (Å²) < 4.78 is 15.0. The lowest BCUT2D eigenvalue weighted by molar-refractivity contribution is 0.627. The molecular formula is C21H17FN4O. The van der Waals surface area contributed by atoms with Crippen molar-refractivity contribution in [1.29, 1.82) is 0 Å². The first-order valence-electron chi connectivity index (χ1n) is 8.65. The smallest absolute Gasteiger partial charge is 0.274 e. The summed E-state index contributed by atoms with van der Waals surface area (Å²) in [6.07, 6.45) is 3.73. The summed E-state index contributed by atoms with van der Waals surface area (Å²) in [5.41, 5.74) is 12.0. The van der Waals surface area contributed by atoms with Crippen LogP contribution in [0, 0.1) is 5.82 Å². The Balaban J connectivity index is 1.87. The molecule has 6 heteroatoms. The Labute approximate surface area is 154 Å². The average molecular weight is 360 g/mol. The SMILES string of the molecule is Cn1cc2c3c(c[nH]c3c1=O)CN(c1ccc(F)cc1)c1ccc(N)cc1-2. The number of H-pyrrole nitrogens is 1. The summed E-state index contributed by atoms with van der Waals surface area (Å²) in [7, 11) is 1.74. The Hall–Kier alpha value is -3.54. The molecule has 2 aromatic carbocycles. The number of nitrogens with one attached hydrogen (secondary N) is 1. The molecule has 3 heterocycles. The molecule has 3 N–H and O–H groups in total. The van der Waals surface area contributed by atoms with E-state index >= 15 is 0 Å². The maximum atomic E-state index is 13.4. The molecule has 2 aromatic heterocycles. The summed E-state index contributed by atoms with van der Waals surface area (Å²) in [4.78, 5) is 17.8. The average Bonchev–Trinajstić information content (AvgIpc) is 3.02. The molecule has 0 radical (unpaired) electrons. The van der Waals surface area contributed by atoms with Crippen LogP contribution in [0.15, 0.2) is 59.7 Å². The van der Waals surface area contributed by atoms with Gasteiger partial charge in [-0.2, -0.15) is 0 Å². The topological polar surface area (TPSA) is 67.0 Å². The number of pyridine rings is 1. The van der Waals surface area contributed by atoms with Gasteiger partial charge in [0.15, 0.2) is 0 Å². The molecule has 0 unspecified atom stereocenters. The van der Waals surface area contributed by atoms with Gasteiger partial charge >= 0.3 is 0 Å². The third-order valence-electron chi connectivity index (χ3n) is 5.16. The Morgan fingerprint density at radius 2 is 1.89 bits per heavy atom. The zero-order valence-corrected chi connectivity index (χ0v) is 14.7. The van der Waals surface area contributed by atoms with Crippen molar-refractivity contribution in [3.05, 3.63) is 76.6 Å². The van der Waals surface area contributed by atoms with Crippen LogP contribution in [0.4, 0.5) is 21.5 Å². The number of hydrogen-bond donors (Lipinski definition) is 2. The third kappa shape index (κ3) is 2.26. The lowest BCUT2D eigenvalue weighted by Gasteiger charge is -2.25. The standard InChI is InChI=1S/C21H17FN4O/c1-25-11-17-16-8-14(23)4-7-18(16)26(15-5-2-13(22)3-6-15)10-12-9-24-20(19(12)17)21(25)27/h2-9,11,24H,10,23H2,1H3. The van der Waals surface area contributed by atoms with E-state index in [0.717, 1.165) is 33.5 Å². The molecule has 5 rings (SSSR count). The van der Waals surface area contributed by atoms with Crippen LogP contribution in [0.3, 0.4) is 0 Å². The van der Waals surface area contributed by atoms with Crippen LogP contribution >= 0.6 is 0 Å². The van der Waals surface area contributed by atoms with Crippen molar-refractivity contribution < 1.29 is 4.39 Å². The van der Waals surface area contributed by atoms with E-state index in [1.807, 2.05) is 30.6 Å². The van der Waals surface area contributed by atoms with E-state index in [9.17, 15) is 9.18 Å². The highest BCUT2D eigenvalue weighted by atomic mass is 19.1. The number of aryl methyl sites for hydroxylation is 1. The normalized spacial score (nSPS) is 12.9. The van der Waals surface area contributed by atoms with Crippen LogP contribution < -0.4 is 16.2 Å². The van der Waals surface area contributed by atoms with Crippen molar-refractivity contribution in [2.24, 2.45) is 7.05 Å². The van der Waals surface area contributed by atoms with E-state index in [1.54, 1.807) is 23.7 Å². The quantitative estimate of drug-likeness (QED) is 0.506.